The van der Waals surface area contributed by atoms with E-state index in [0.29, 0.717) is 5.92 Å². The Labute approximate surface area is 187 Å². The molecule has 0 bridgehead atoms. The Morgan fingerprint density at radius 1 is 1.03 bits per heavy atom. The van der Waals surface area contributed by atoms with E-state index in [0.717, 1.165) is 29.8 Å². The van der Waals surface area contributed by atoms with Crippen molar-refractivity contribution in [1.29, 1.82) is 0 Å². The summed E-state index contributed by atoms with van der Waals surface area (Å²) in [5.74, 6) is 0.641. The maximum atomic E-state index is 6.14. The van der Waals surface area contributed by atoms with E-state index in [9.17, 15) is 0 Å². The quantitative estimate of drug-likeness (QED) is 0.282. The van der Waals surface area contributed by atoms with Gasteiger partial charge in [-0.25, -0.2) is 0 Å². The van der Waals surface area contributed by atoms with Crippen LogP contribution in [-0.2, 0) is 19.3 Å². The van der Waals surface area contributed by atoms with Crippen LogP contribution in [0.2, 0.25) is 0 Å². The van der Waals surface area contributed by atoms with Crippen LogP contribution in [0, 0.1) is 0 Å². The number of anilines is 1. The first-order chi connectivity index (χ1) is 14.5. The fraction of sp³-hybridized carbons (Fsp3) is 0.429. The molecule has 30 heavy (non-hydrogen) atoms. The lowest BCUT2D eigenvalue weighted by Crippen LogP contribution is -2.02. The van der Waals surface area contributed by atoms with Gasteiger partial charge in [0.05, 0.1) is 0 Å². The van der Waals surface area contributed by atoms with Crippen LogP contribution in [0.4, 0.5) is 5.69 Å². The number of thiol groups is 1. The summed E-state index contributed by atoms with van der Waals surface area (Å²) in [6.45, 7) is 4.66. The van der Waals surface area contributed by atoms with Gasteiger partial charge in [0.25, 0.3) is 0 Å². The summed E-state index contributed by atoms with van der Waals surface area (Å²) in [5, 5.41) is 0. The molecule has 158 valence electrons. The number of nitrogens with two attached hydrogens (primary N) is 1. The molecule has 1 unspecified atom stereocenters. The van der Waals surface area contributed by atoms with Gasteiger partial charge in [0, 0.05) is 10.6 Å². The smallest absolute Gasteiger partial charge is 0.0357 e. The van der Waals surface area contributed by atoms with E-state index < -0.39 is 0 Å². The van der Waals surface area contributed by atoms with Crippen LogP contribution in [0.3, 0.4) is 0 Å². The van der Waals surface area contributed by atoms with E-state index in [-0.39, 0.29) is 0 Å². The summed E-state index contributed by atoms with van der Waals surface area (Å²) < 4.78 is 0. The molecule has 4 rings (SSSR count). The molecule has 2 aromatic rings. The predicted octanol–water partition coefficient (Wildman–Crippen LogP) is 7.60. The van der Waals surface area contributed by atoms with Gasteiger partial charge in [-0.3, -0.25) is 0 Å². The first-order valence-corrected chi connectivity index (χ1v) is 12.1. The molecule has 0 saturated heterocycles. The van der Waals surface area contributed by atoms with Crippen molar-refractivity contribution in [2.75, 3.05) is 5.73 Å². The Balaban J connectivity index is 1.40. The normalized spacial score (nSPS) is 18.5. The largest absolute Gasteiger partial charge is 0.398 e. The van der Waals surface area contributed by atoms with Gasteiger partial charge in [0.2, 0.25) is 0 Å². The minimum Gasteiger partial charge on any atom is -0.398 e. The van der Waals surface area contributed by atoms with Gasteiger partial charge < -0.3 is 5.73 Å². The van der Waals surface area contributed by atoms with Crippen molar-refractivity contribution in [3.63, 3.8) is 0 Å². The van der Waals surface area contributed by atoms with Crippen molar-refractivity contribution in [1.82, 2.24) is 0 Å². The third-order valence-corrected chi connectivity index (χ3v) is 7.26. The number of unbranched alkanes of at least 4 members (excludes halogenated alkanes) is 1. The van der Waals surface area contributed by atoms with Gasteiger partial charge >= 0.3 is 0 Å². The fourth-order valence-corrected chi connectivity index (χ4v) is 5.39. The van der Waals surface area contributed by atoms with E-state index in [1.54, 1.807) is 27.8 Å². The monoisotopic (exact) mass is 417 g/mol. The van der Waals surface area contributed by atoms with Gasteiger partial charge in [-0.1, -0.05) is 55.3 Å². The van der Waals surface area contributed by atoms with Gasteiger partial charge in [-0.15, -0.1) is 12.6 Å². The molecule has 1 nitrogen and oxygen atoms in total. The fourth-order valence-electron chi connectivity index (χ4n) is 5.17. The molecule has 0 spiro atoms. The molecule has 2 aromatic carbocycles. The van der Waals surface area contributed by atoms with E-state index in [4.69, 9.17) is 5.73 Å². The van der Waals surface area contributed by atoms with E-state index in [2.05, 4.69) is 56.8 Å². The Morgan fingerprint density at radius 2 is 1.87 bits per heavy atom. The summed E-state index contributed by atoms with van der Waals surface area (Å²) in [6, 6.07) is 13.3. The Bertz CT molecular complexity index is 982. The zero-order valence-corrected chi connectivity index (χ0v) is 19.4. The molecular formula is C28H35NS. The lowest BCUT2D eigenvalue weighted by atomic mass is 9.85. The highest BCUT2D eigenvalue weighted by Crippen LogP contribution is 2.39. The Morgan fingerprint density at radius 3 is 2.67 bits per heavy atom. The van der Waals surface area contributed by atoms with Crippen LogP contribution in [0.25, 0.3) is 0 Å². The van der Waals surface area contributed by atoms with Crippen molar-refractivity contribution in [3.8, 4) is 0 Å². The summed E-state index contributed by atoms with van der Waals surface area (Å²) in [4.78, 5) is 0.943. The molecule has 0 amide bonds. The maximum Gasteiger partial charge on any atom is 0.0357 e. The number of benzene rings is 2. The van der Waals surface area contributed by atoms with Crippen molar-refractivity contribution in [2.45, 2.75) is 82.4 Å². The third kappa shape index (κ3) is 4.86. The minimum absolute atomic E-state index is 0.641. The molecular weight excluding hydrogens is 382 g/mol. The molecule has 2 aliphatic carbocycles. The summed E-state index contributed by atoms with van der Waals surface area (Å²) in [5.41, 5.74) is 17.9. The van der Waals surface area contributed by atoms with E-state index in [1.165, 1.54) is 49.7 Å². The van der Waals surface area contributed by atoms with Crippen molar-refractivity contribution >= 4 is 18.3 Å². The van der Waals surface area contributed by atoms with Crippen molar-refractivity contribution in [2.24, 2.45) is 0 Å². The van der Waals surface area contributed by atoms with Crippen LogP contribution < -0.4 is 5.73 Å². The molecule has 2 heteroatoms. The number of aryl methyl sites for hydroxylation is 2. The summed E-state index contributed by atoms with van der Waals surface area (Å²) in [6.07, 6.45) is 13.3. The molecule has 0 heterocycles. The zero-order chi connectivity index (χ0) is 21.1. The number of nitrogen functional groups attached to an aromatic ring is 1. The molecule has 0 fully saturated rings. The van der Waals surface area contributed by atoms with Crippen molar-refractivity contribution in [3.05, 3.63) is 81.4 Å². The van der Waals surface area contributed by atoms with Crippen molar-refractivity contribution < 1.29 is 0 Å². The number of rotatable bonds is 6. The third-order valence-electron chi connectivity index (χ3n) is 6.98. The van der Waals surface area contributed by atoms with Crippen LogP contribution in [-0.4, -0.2) is 0 Å². The second kappa shape index (κ2) is 9.47. The minimum atomic E-state index is 0.641. The van der Waals surface area contributed by atoms with Crippen LogP contribution in [0.5, 0.6) is 0 Å². The number of hydrogen-bond donors (Lipinski definition) is 2. The van der Waals surface area contributed by atoms with E-state index in [1.807, 2.05) is 12.1 Å². The molecule has 0 saturated carbocycles. The predicted molar refractivity (Wildman–Crippen MR) is 133 cm³/mol. The molecule has 0 aliphatic heterocycles. The highest BCUT2D eigenvalue weighted by Gasteiger charge is 2.22. The highest BCUT2D eigenvalue weighted by atomic mass is 32.1. The van der Waals surface area contributed by atoms with Crippen LogP contribution in [0.1, 0.15) is 80.5 Å². The highest BCUT2D eigenvalue weighted by molar-refractivity contribution is 7.80. The average molecular weight is 418 g/mol. The number of hydrogen-bond acceptors (Lipinski definition) is 2. The summed E-state index contributed by atoms with van der Waals surface area (Å²) >= 11 is 4.37. The lowest BCUT2D eigenvalue weighted by molar-refractivity contribution is 0.675. The summed E-state index contributed by atoms with van der Waals surface area (Å²) in [7, 11) is 0. The molecule has 0 radical (unpaired) electrons. The maximum absolute atomic E-state index is 6.14. The number of allylic oxidation sites excluding steroid dienone is 4. The number of fused-ring (bicyclic) bond motifs is 1. The Kier molecular flexibility index (Phi) is 6.73. The van der Waals surface area contributed by atoms with Crippen LogP contribution in [0.15, 0.2) is 64.1 Å². The molecule has 0 aromatic heterocycles. The zero-order valence-electron chi connectivity index (χ0n) is 18.5. The second-order valence-electron chi connectivity index (χ2n) is 9.19. The SMILES string of the molecule is CCc1ccc2c(c1)CC1=C(CCC(CCCCc3ccc(S)cc3N)=C1)CC2C. The lowest BCUT2D eigenvalue weighted by Gasteiger charge is -2.20. The van der Waals surface area contributed by atoms with Gasteiger partial charge in [0.1, 0.15) is 0 Å². The van der Waals surface area contributed by atoms with Gasteiger partial charge in [0.15, 0.2) is 0 Å². The topological polar surface area (TPSA) is 26.0 Å². The first-order valence-electron chi connectivity index (χ1n) is 11.6. The van der Waals surface area contributed by atoms with Crippen LogP contribution >= 0.6 is 12.6 Å². The van der Waals surface area contributed by atoms with Gasteiger partial charge in [-0.2, -0.15) is 0 Å². The van der Waals surface area contributed by atoms with Gasteiger partial charge in [-0.05, 0) is 104 Å². The molecule has 2 N–H and O–H groups in total. The Hall–Kier alpha value is -1.93. The molecule has 2 aliphatic rings. The standard InChI is InChI=1S/C28H35NS/c1-3-20-9-13-27-19(2)14-23-10-8-21(16-24(23)17-25(27)15-20)6-4-5-7-22-11-12-26(30)18-28(22)29/h9,11-13,15-16,18-19,30H,3-8,10,14,17,29H2,1-2H3. The average Bonchev–Trinajstić information content (AvgIpc) is 2.87. The second-order valence-corrected chi connectivity index (χ2v) is 9.71. The van der Waals surface area contributed by atoms with E-state index >= 15 is 0 Å². The molecule has 1 atom stereocenters. The first kappa shape index (κ1) is 21.3.